The predicted octanol–water partition coefficient (Wildman–Crippen LogP) is 4.81. The second-order valence-corrected chi connectivity index (χ2v) is 7.45. The van der Waals surface area contributed by atoms with Crippen LogP contribution < -0.4 is 5.32 Å². The molecule has 116 valence electrons. The second-order valence-electron chi connectivity index (χ2n) is 7.05. The van der Waals surface area contributed by atoms with Gasteiger partial charge in [-0.3, -0.25) is 0 Å². The summed E-state index contributed by atoms with van der Waals surface area (Å²) in [4.78, 5) is 12.1. The first-order chi connectivity index (χ1) is 9.77. The highest BCUT2D eigenvalue weighted by molar-refractivity contribution is 6.33. The van der Waals surface area contributed by atoms with Gasteiger partial charge in [0.2, 0.25) is 0 Å². The van der Waals surface area contributed by atoms with Crippen LogP contribution in [0.4, 0.5) is 5.69 Å². The van der Waals surface area contributed by atoms with E-state index in [4.69, 9.17) is 11.6 Å². The number of carbonyl (C=O) groups is 1. The molecule has 1 aliphatic carbocycles. The quantitative estimate of drug-likeness (QED) is 0.842. The van der Waals surface area contributed by atoms with E-state index in [-0.39, 0.29) is 11.3 Å². The van der Waals surface area contributed by atoms with Gasteiger partial charge in [-0.25, -0.2) is 4.79 Å². The summed E-state index contributed by atoms with van der Waals surface area (Å²) >= 11 is 6.22. The molecule has 3 nitrogen and oxygen atoms in total. The van der Waals surface area contributed by atoms with Gasteiger partial charge in [0.1, 0.15) is 5.54 Å². The number of carboxylic acids is 1. The van der Waals surface area contributed by atoms with Gasteiger partial charge in [0.05, 0.1) is 10.7 Å². The van der Waals surface area contributed by atoms with Gasteiger partial charge in [0.25, 0.3) is 0 Å². The maximum atomic E-state index is 12.1. The molecule has 0 amide bonds. The van der Waals surface area contributed by atoms with E-state index < -0.39 is 11.5 Å². The molecule has 2 unspecified atom stereocenters. The fourth-order valence-electron chi connectivity index (χ4n) is 3.61. The summed E-state index contributed by atoms with van der Waals surface area (Å²) in [7, 11) is 0. The minimum Gasteiger partial charge on any atom is -0.479 e. The van der Waals surface area contributed by atoms with Gasteiger partial charge >= 0.3 is 5.97 Å². The molecule has 1 aliphatic rings. The SMILES string of the molecule is CC(C)(C)C1CCCCC1(Nc1ccccc1Cl)C(=O)O. The van der Waals surface area contributed by atoms with Crippen molar-refractivity contribution in [3.05, 3.63) is 29.3 Å². The summed E-state index contributed by atoms with van der Waals surface area (Å²) in [6.07, 6.45) is 3.57. The zero-order valence-electron chi connectivity index (χ0n) is 12.9. The summed E-state index contributed by atoms with van der Waals surface area (Å²) in [6.45, 7) is 6.36. The van der Waals surface area contributed by atoms with Crippen molar-refractivity contribution in [1.82, 2.24) is 0 Å². The van der Waals surface area contributed by atoms with E-state index in [9.17, 15) is 9.90 Å². The average molecular weight is 310 g/mol. The molecule has 4 heteroatoms. The molecule has 0 aromatic heterocycles. The van der Waals surface area contributed by atoms with Crippen molar-refractivity contribution in [2.45, 2.75) is 52.0 Å². The van der Waals surface area contributed by atoms with Gasteiger partial charge < -0.3 is 10.4 Å². The van der Waals surface area contributed by atoms with Crippen molar-refractivity contribution < 1.29 is 9.90 Å². The third kappa shape index (κ3) is 3.18. The second kappa shape index (κ2) is 5.88. The van der Waals surface area contributed by atoms with Crippen LogP contribution in [0.1, 0.15) is 46.5 Å². The number of aliphatic carboxylic acids is 1. The molecule has 2 rings (SSSR count). The largest absolute Gasteiger partial charge is 0.479 e. The Bertz CT molecular complexity index is 524. The smallest absolute Gasteiger partial charge is 0.329 e. The van der Waals surface area contributed by atoms with E-state index >= 15 is 0 Å². The van der Waals surface area contributed by atoms with Gasteiger partial charge in [0.15, 0.2) is 0 Å². The average Bonchev–Trinajstić information content (AvgIpc) is 2.40. The molecule has 0 heterocycles. The first kappa shape index (κ1) is 16.2. The number of para-hydroxylation sites is 1. The van der Waals surface area contributed by atoms with Crippen molar-refractivity contribution in [2.24, 2.45) is 11.3 Å². The lowest BCUT2D eigenvalue weighted by Crippen LogP contribution is -2.58. The maximum Gasteiger partial charge on any atom is 0.329 e. The number of nitrogens with one attached hydrogen (secondary N) is 1. The highest BCUT2D eigenvalue weighted by atomic mass is 35.5. The Kier molecular flexibility index (Phi) is 4.52. The molecule has 0 radical (unpaired) electrons. The summed E-state index contributed by atoms with van der Waals surface area (Å²) < 4.78 is 0. The van der Waals surface area contributed by atoms with Crippen LogP contribution >= 0.6 is 11.6 Å². The lowest BCUT2D eigenvalue weighted by molar-refractivity contribution is -0.148. The highest BCUT2D eigenvalue weighted by Crippen LogP contribution is 2.46. The fraction of sp³-hybridized carbons (Fsp3) is 0.588. The van der Waals surface area contributed by atoms with Crippen molar-refractivity contribution in [3.63, 3.8) is 0 Å². The van der Waals surface area contributed by atoms with Crippen LogP contribution in [0.3, 0.4) is 0 Å². The molecule has 0 saturated heterocycles. The number of anilines is 1. The van der Waals surface area contributed by atoms with Crippen molar-refractivity contribution in [1.29, 1.82) is 0 Å². The minimum atomic E-state index is -0.943. The molecule has 1 aromatic rings. The normalized spacial score (nSPS) is 26.4. The number of rotatable bonds is 3. The van der Waals surface area contributed by atoms with E-state index in [1.54, 1.807) is 6.07 Å². The van der Waals surface area contributed by atoms with Crippen LogP contribution in [0, 0.1) is 11.3 Å². The van der Waals surface area contributed by atoms with Gasteiger partial charge in [-0.05, 0) is 36.3 Å². The lowest BCUT2D eigenvalue weighted by atomic mass is 9.62. The standard InChI is InChI=1S/C17H24ClNO2/c1-16(2,3)14-10-6-7-11-17(14,15(20)21)19-13-9-5-4-8-12(13)18/h4-5,8-9,14,19H,6-7,10-11H2,1-3H3,(H,20,21). The van der Waals surface area contributed by atoms with Crippen molar-refractivity contribution >= 4 is 23.3 Å². The van der Waals surface area contributed by atoms with Crippen molar-refractivity contribution in [2.75, 3.05) is 5.32 Å². The first-order valence-electron chi connectivity index (χ1n) is 7.53. The first-order valence-corrected chi connectivity index (χ1v) is 7.91. The monoisotopic (exact) mass is 309 g/mol. The van der Waals surface area contributed by atoms with E-state index in [0.717, 1.165) is 19.3 Å². The van der Waals surface area contributed by atoms with Crippen LogP contribution in [0.2, 0.25) is 5.02 Å². The van der Waals surface area contributed by atoms with Gasteiger partial charge in [-0.2, -0.15) is 0 Å². The maximum absolute atomic E-state index is 12.1. The summed E-state index contributed by atoms with van der Waals surface area (Å²) in [6, 6.07) is 7.36. The summed E-state index contributed by atoms with van der Waals surface area (Å²) in [5.41, 5.74) is -0.313. The Hall–Kier alpha value is -1.22. The Morgan fingerprint density at radius 3 is 2.57 bits per heavy atom. The van der Waals surface area contributed by atoms with Crippen LogP contribution in [0.15, 0.2) is 24.3 Å². The van der Waals surface area contributed by atoms with E-state index in [1.165, 1.54) is 0 Å². The van der Waals surface area contributed by atoms with E-state index in [1.807, 2.05) is 18.2 Å². The number of carboxylic acid groups (broad SMARTS) is 1. The molecule has 1 aromatic carbocycles. The lowest BCUT2D eigenvalue weighted by Gasteiger charge is -2.48. The van der Waals surface area contributed by atoms with Crippen LogP contribution in [-0.4, -0.2) is 16.6 Å². The molecule has 21 heavy (non-hydrogen) atoms. The molecule has 2 atom stereocenters. The Morgan fingerprint density at radius 2 is 2.00 bits per heavy atom. The molecule has 2 N–H and O–H groups in total. The van der Waals surface area contributed by atoms with Gasteiger partial charge in [0, 0.05) is 0 Å². The Labute approximate surface area is 131 Å². The van der Waals surface area contributed by atoms with E-state index in [0.29, 0.717) is 17.1 Å². The Morgan fingerprint density at radius 1 is 1.33 bits per heavy atom. The molecule has 1 fully saturated rings. The predicted molar refractivity (Wildman–Crippen MR) is 86.9 cm³/mol. The van der Waals surface area contributed by atoms with Gasteiger partial charge in [-0.1, -0.05) is 57.3 Å². The van der Waals surface area contributed by atoms with Crippen molar-refractivity contribution in [3.8, 4) is 0 Å². The third-order valence-electron chi connectivity index (χ3n) is 4.57. The summed E-state index contributed by atoms with van der Waals surface area (Å²) in [5.74, 6) is -0.713. The fourth-order valence-corrected chi connectivity index (χ4v) is 3.79. The van der Waals surface area contributed by atoms with Crippen LogP contribution in [-0.2, 0) is 4.79 Å². The molecular formula is C17H24ClNO2. The Balaban J connectivity index is 2.44. The number of benzene rings is 1. The molecular weight excluding hydrogens is 286 g/mol. The van der Waals surface area contributed by atoms with Crippen LogP contribution in [0.5, 0.6) is 0 Å². The zero-order chi connectivity index (χ0) is 15.7. The third-order valence-corrected chi connectivity index (χ3v) is 4.90. The van der Waals surface area contributed by atoms with Crippen LogP contribution in [0.25, 0.3) is 0 Å². The van der Waals surface area contributed by atoms with E-state index in [2.05, 4.69) is 26.1 Å². The number of halogens is 1. The molecule has 0 aliphatic heterocycles. The topological polar surface area (TPSA) is 49.3 Å². The molecule has 0 spiro atoms. The summed E-state index contributed by atoms with van der Waals surface area (Å²) in [5, 5.41) is 13.8. The van der Waals surface area contributed by atoms with Gasteiger partial charge in [-0.15, -0.1) is 0 Å². The molecule has 1 saturated carbocycles. The highest BCUT2D eigenvalue weighted by Gasteiger charge is 2.51. The zero-order valence-corrected chi connectivity index (χ0v) is 13.7. The minimum absolute atomic E-state index is 0.0625. The number of hydrogen-bond donors (Lipinski definition) is 2. The molecule has 0 bridgehead atoms. The number of hydrogen-bond acceptors (Lipinski definition) is 2.